The lowest BCUT2D eigenvalue weighted by atomic mass is 10.1. The zero-order chi connectivity index (χ0) is 24.7. The number of aromatic nitrogens is 6. The van der Waals surface area contributed by atoms with Crippen molar-refractivity contribution in [2.75, 3.05) is 30.4 Å². The summed E-state index contributed by atoms with van der Waals surface area (Å²) in [5.74, 6) is 0.405. The molecule has 0 atom stereocenters. The minimum absolute atomic E-state index is 0.151. The van der Waals surface area contributed by atoms with Gasteiger partial charge < -0.3 is 15.0 Å². The number of carbonyl (C=O) groups is 1. The molecular formula is C24H24N10O2. The number of anilines is 3. The van der Waals surface area contributed by atoms with E-state index in [1.165, 1.54) is 36.8 Å². The third-order valence-electron chi connectivity index (χ3n) is 5.68. The first-order chi connectivity index (χ1) is 17.7. The Hall–Kier alpha value is -4.74. The van der Waals surface area contributed by atoms with E-state index in [1.807, 2.05) is 18.2 Å². The van der Waals surface area contributed by atoms with Crippen molar-refractivity contribution in [3.05, 3.63) is 67.0 Å². The highest BCUT2D eigenvalue weighted by atomic mass is 16.5. The molecule has 1 N–H and O–H groups in total. The predicted octanol–water partition coefficient (Wildman–Crippen LogP) is 4.39. The fraction of sp³-hybridized carbons (Fsp3) is 0.250. The maximum Gasteiger partial charge on any atom is 0.343 e. The Balaban J connectivity index is 1.54. The van der Waals surface area contributed by atoms with Gasteiger partial charge in [-0.15, -0.1) is 10.2 Å². The molecule has 0 amide bonds. The van der Waals surface area contributed by atoms with Crippen LogP contribution < -0.4 is 10.2 Å². The second-order valence-corrected chi connectivity index (χ2v) is 8.00. The lowest BCUT2D eigenvalue weighted by Crippen LogP contribution is -2.29. The first-order valence-electron chi connectivity index (χ1n) is 11.5. The molecule has 1 aliphatic heterocycles. The molecular weight excluding hydrogens is 460 g/mol. The molecule has 1 aliphatic rings. The van der Waals surface area contributed by atoms with Gasteiger partial charge in [0, 0.05) is 43.6 Å². The van der Waals surface area contributed by atoms with Crippen molar-refractivity contribution in [1.29, 1.82) is 0 Å². The SMILES string of the molecule is COC(=O)c1cnn(-c2cnccn2)c1N=Nc1ccc(N2CCCCC2)cc1Nc1ncccn1. The quantitative estimate of drug-likeness (QED) is 0.299. The van der Waals surface area contributed by atoms with Gasteiger partial charge in [-0.25, -0.2) is 19.7 Å². The summed E-state index contributed by atoms with van der Waals surface area (Å²) in [4.78, 5) is 31.6. The smallest absolute Gasteiger partial charge is 0.343 e. The fourth-order valence-electron chi connectivity index (χ4n) is 3.91. The van der Waals surface area contributed by atoms with Crippen LogP contribution in [0.1, 0.15) is 29.6 Å². The van der Waals surface area contributed by atoms with Crippen LogP contribution in [0.2, 0.25) is 0 Å². The highest BCUT2D eigenvalue weighted by Gasteiger charge is 2.20. The molecule has 3 aromatic heterocycles. The Morgan fingerprint density at radius 1 is 1.00 bits per heavy atom. The predicted molar refractivity (Wildman–Crippen MR) is 132 cm³/mol. The number of nitrogens with zero attached hydrogens (tertiary/aromatic N) is 9. The van der Waals surface area contributed by atoms with Gasteiger partial charge in [-0.05, 0) is 43.5 Å². The monoisotopic (exact) mass is 484 g/mol. The molecule has 4 aromatic rings. The normalized spacial score (nSPS) is 13.6. The van der Waals surface area contributed by atoms with Gasteiger partial charge in [-0.3, -0.25) is 4.98 Å². The summed E-state index contributed by atoms with van der Waals surface area (Å²) in [5, 5.41) is 16.3. The van der Waals surface area contributed by atoms with Crippen LogP contribution in [0, 0.1) is 0 Å². The largest absolute Gasteiger partial charge is 0.465 e. The Bertz CT molecular complexity index is 1350. The van der Waals surface area contributed by atoms with E-state index in [4.69, 9.17) is 4.74 Å². The van der Waals surface area contributed by atoms with Crippen molar-refractivity contribution in [2.24, 2.45) is 10.2 Å². The van der Waals surface area contributed by atoms with E-state index < -0.39 is 5.97 Å². The number of hydrogen-bond acceptors (Lipinski definition) is 11. The first kappa shape index (κ1) is 23.0. The van der Waals surface area contributed by atoms with E-state index in [-0.39, 0.29) is 11.4 Å². The van der Waals surface area contributed by atoms with Crippen LogP contribution in [-0.2, 0) is 4.74 Å². The molecule has 1 fully saturated rings. The Morgan fingerprint density at radius 3 is 2.58 bits per heavy atom. The molecule has 12 nitrogen and oxygen atoms in total. The van der Waals surface area contributed by atoms with Crippen molar-refractivity contribution >= 4 is 34.8 Å². The van der Waals surface area contributed by atoms with Crippen LogP contribution in [0.15, 0.2) is 71.7 Å². The number of hydrogen-bond donors (Lipinski definition) is 1. The molecule has 36 heavy (non-hydrogen) atoms. The molecule has 5 rings (SSSR count). The second kappa shape index (κ2) is 10.7. The van der Waals surface area contributed by atoms with E-state index in [1.54, 1.807) is 24.7 Å². The molecule has 0 unspecified atom stereocenters. The Morgan fingerprint density at radius 2 is 1.83 bits per heavy atom. The van der Waals surface area contributed by atoms with Crippen molar-refractivity contribution in [2.45, 2.75) is 19.3 Å². The fourth-order valence-corrected chi connectivity index (χ4v) is 3.91. The highest BCUT2D eigenvalue weighted by Crippen LogP contribution is 2.34. The topological polar surface area (TPSA) is 136 Å². The van der Waals surface area contributed by atoms with Gasteiger partial charge in [0.25, 0.3) is 0 Å². The van der Waals surface area contributed by atoms with Crippen molar-refractivity contribution in [3.63, 3.8) is 0 Å². The number of methoxy groups -OCH3 is 1. The van der Waals surface area contributed by atoms with E-state index >= 15 is 0 Å². The minimum Gasteiger partial charge on any atom is -0.465 e. The summed E-state index contributed by atoms with van der Waals surface area (Å²) in [6.07, 6.45) is 12.8. The summed E-state index contributed by atoms with van der Waals surface area (Å²) < 4.78 is 6.29. The van der Waals surface area contributed by atoms with Crippen LogP contribution in [0.5, 0.6) is 0 Å². The number of piperidine rings is 1. The Kier molecular flexibility index (Phi) is 6.83. The van der Waals surface area contributed by atoms with Crippen LogP contribution in [0.3, 0.4) is 0 Å². The summed E-state index contributed by atoms with van der Waals surface area (Å²) in [6, 6.07) is 7.65. The van der Waals surface area contributed by atoms with Gasteiger partial charge in [-0.2, -0.15) is 9.78 Å². The molecule has 4 heterocycles. The minimum atomic E-state index is -0.587. The van der Waals surface area contributed by atoms with E-state index in [0.717, 1.165) is 31.6 Å². The van der Waals surface area contributed by atoms with Gasteiger partial charge in [0.1, 0.15) is 11.3 Å². The number of ether oxygens (including phenoxy) is 1. The van der Waals surface area contributed by atoms with Gasteiger partial charge in [-0.1, -0.05) is 0 Å². The van der Waals surface area contributed by atoms with E-state index in [2.05, 4.69) is 45.5 Å². The summed E-state index contributed by atoms with van der Waals surface area (Å²) >= 11 is 0. The molecule has 0 radical (unpaired) electrons. The average Bonchev–Trinajstić information content (AvgIpc) is 3.37. The van der Waals surface area contributed by atoms with Gasteiger partial charge in [0.15, 0.2) is 11.6 Å². The van der Waals surface area contributed by atoms with Crippen molar-refractivity contribution in [1.82, 2.24) is 29.7 Å². The molecule has 182 valence electrons. The van der Waals surface area contributed by atoms with E-state index in [0.29, 0.717) is 23.1 Å². The van der Waals surface area contributed by atoms with Crippen LogP contribution in [0.4, 0.5) is 28.8 Å². The maximum absolute atomic E-state index is 12.4. The average molecular weight is 485 g/mol. The third-order valence-corrected chi connectivity index (χ3v) is 5.68. The molecule has 0 saturated carbocycles. The van der Waals surface area contributed by atoms with Crippen molar-refractivity contribution in [3.8, 4) is 5.82 Å². The number of nitrogens with one attached hydrogen (secondary N) is 1. The molecule has 12 heteroatoms. The molecule has 0 aliphatic carbocycles. The number of carbonyl (C=O) groups excluding carboxylic acids is 1. The lowest BCUT2D eigenvalue weighted by Gasteiger charge is -2.29. The molecule has 0 bridgehead atoms. The van der Waals surface area contributed by atoms with Crippen LogP contribution in [0.25, 0.3) is 5.82 Å². The van der Waals surface area contributed by atoms with Crippen LogP contribution >= 0.6 is 0 Å². The number of azo groups is 1. The summed E-state index contributed by atoms with van der Waals surface area (Å²) in [7, 11) is 1.30. The zero-order valence-electron chi connectivity index (χ0n) is 19.7. The molecule has 1 saturated heterocycles. The standard InChI is InChI=1S/C24H24N10O2/c1-36-23(35)18-15-29-34(21-16-25-10-11-26-21)22(18)32-31-19-7-6-17(33-12-3-2-4-13-33)14-20(19)30-24-27-8-5-9-28-24/h5-11,14-16H,2-4,12-13H2,1H3,(H,27,28,30). The van der Waals surface area contributed by atoms with Crippen LogP contribution in [-0.4, -0.2) is 55.9 Å². The Labute approximate surface area is 207 Å². The lowest BCUT2D eigenvalue weighted by molar-refractivity contribution is 0.0601. The van der Waals surface area contributed by atoms with Gasteiger partial charge in [0.05, 0.1) is 25.2 Å². The highest BCUT2D eigenvalue weighted by molar-refractivity contribution is 5.94. The molecule has 1 aromatic carbocycles. The van der Waals surface area contributed by atoms with Gasteiger partial charge >= 0.3 is 5.97 Å². The number of benzene rings is 1. The van der Waals surface area contributed by atoms with Crippen molar-refractivity contribution < 1.29 is 9.53 Å². The third kappa shape index (κ3) is 5.02. The first-order valence-corrected chi connectivity index (χ1v) is 11.5. The second-order valence-electron chi connectivity index (χ2n) is 8.00. The maximum atomic E-state index is 12.4. The number of esters is 1. The molecule has 0 spiro atoms. The van der Waals surface area contributed by atoms with Gasteiger partial charge in [0.2, 0.25) is 5.95 Å². The zero-order valence-corrected chi connectivity index (χ0v) is 19.7. The summed E-state index contributed by atoms with van der Waals surface area (Å²) in [6.45, 7) is 2.00. The number of rotatable bonds is 7. The summed E-state index contributed by atoms with van der Waals surface area (Å²) in [5.41, 5.74) is 2.44. The van der Waals surface area contributed by atoms with E-state index in [9.17, 15) is 4.79 Å².